The average Bonchev–Trinajstić information content (AvgIpc) is 3.09. The van der Waals surface area contributed by atoms with Gasteiger partial charge in [0.1, 0.15) is 11.6 Å². The normalized spacial score (nSPS) is 17.3. The third kappa shape index (κ3) is 4.15. The fourth-order valence-corrected chi connectivity index (χ4v) is 3.86. The van der Waals surface area contributed by atoms with Crippen molar-refractivity contribution in [2.24, 2.45) is 0 Å². The number of aliphatic hydroxyl groups excluding tert-OH is 1. The Bertz CT molecular complexity index is 1230. The van der Waals surface area contributed by atoms with Crippen LogP contribution in [0.5, 0.6) is 11.5 Å². The molecule has 2 aromatic carbocycles. The number of likely N-dealkylation sites (tertiary alicyclic amines) is 1. The Kier molecular flexibility index (Phi) is 6.08. The molecule has 168 valence electrons. The summed E-state index contributed by atoms with van der Waals surface area (Å²) >= 11 is 0. The van der Waals surface area contributed by atoms with E-state index in [1.165, 1.54) is 43.4 Å². The van der Waals surface area contributed by atoms with Gasteiger partial charge in [-0.1, -0.05) is 12.1 Å². The fraction of sp³-hybridized carbons (Fsp3) is 0.160. The number of halogens is 1. The molecule has 1 aromatic heterocycles. The zero-order valence-electron chi connectivity index (χ0n) is 18.0. The van der Waals surface area contributed by atoms with Crippen LogP contribution in [0, 0.1) is 5.82 Å². The molecule has 1 atom stereocenters. The van der Waals surface area contributed by atoms with Gasteiger partial charge < -0.3 is 19.5 Å². The minimum absolute atomic E-state index is 0.0947. The van der Waals surface area contributed by atoms with Crippen molar-refractivity contribution in [3.05, 3.63) is 95.1 Å². The third-order valence-corrected chi connectivity index (χ3v) is 5.46. The number of ether oxygens (including phenoxy) is 2. The van der Waals surface area contributed by atoms with E-state index in [4.69, 9.17) is 9.47 Å². The summed E-state index contributed by atoms with van der Waals surface area (Å²) in [5, 5.41) is 11.0. The average molecular weight is 448 g/mol. The van der Waals surface area contributed by atoms with Gasteiger partial charge in [0, 0.05) is 24.5 Å². The lowest BCUT2D eigenvalue weighted by Gasteiger charge is -2.26. The first-order valence-corrected chi connectivity index (χ1v) is 10.1. The van der Waals surface area contributed by atoms with E-state index >= 15 is 0 Å². The molecule has 1 unspecified atom stereocenters. The first-order valence-electron chi connectivity index (χ1n) is 10.1. The lowest BCUT2D eigenvalue weighted by atomic mass is 9.95. The summed E-state index contributed by atoms with van der Waals surface area (Å²) in [6.07, 6.45) is 3.21. The van der Waals surface area contributed by atoms with Gasteiger partial charge in [0.15, 0.2) is 11.5 Å². The van der Waals surface area contributed by atoms with Crippen LogP contribution < -0.4 is 9.47 Å². The molecule has 7 nitrogen and oxygen atoms in total. The molecule has 0 saturated carbocycles. The van der Waals surface area contributed by atoms with Gasteiger partial charge in [-0.15, -0.1) is 0 Å². The third-order valence-electron chi connectivity index (χ3n) is 5.46. The molecule has 1 fully saturated rings. The lowest BCUT2D eigenvalue weighted by molar-refractivity contribution is -0.140. The molecule has 0 aliphatic carbocycles. The molecule has 3 aromatic rings. The van der Waals surface area contributed by atoms with Crippen LogP contribution >= 0.6 is 0 Å². The van der Waals surface area contributed by atoms with Gasteiger partial charge in [-0.25, -0.2) is 4.39 Å². The van der Waals surface area contributed by atoms with E-state index in [0.717, 1.165) is 0 Å². The monoisotopic (exact) mass is 448 g/mol. The van der Waals surface area contributed by atoms with Gasteiger partial charge in [0.25, 0.3) is 11.7 Å². The van der Waals surface area contributed by atoms with Gasteiger partial charge in [-0.3, -0.25) is 14.6 Å². The van der Waals surface area contributed by atoms with E-state index in [-0.39, 0.29) is 23.4 Å². The van der Waals surface area contributed by atoms with Gasteiger partial charge in [0.05, 0.1) is 25.8 Å². The SMILES string of the molecule is COc1ccc(C2C(=C(O)c3ccc(F)cc3)C(=O)C(=O)N2Cc2cccnc2)cc1OC. The van der Waals surface area contributed by atoms with Crippen molar-refractivity contribution in [3.8, 4) is 11.5 Å². The summed E-state index contributed by atoms with van der Waals surface area (Å²) < 4.78 is 24.1. The molecule has 0 spiro atoms. The molecule has 1 amide bonds. The Hall–Kier alpha value is -4.20. The van der Waals surface area contributed by atoms with Gasteiger partial charge in [-0.05, 0) is 53.6 Å². The van der Waals surface area contributed by atoms with Crippen LogP contribution in [0.4, 0.5) is 4.39 Å². The van der Waals surface area contributed by atoms with E-state index in [9.17, 15) is 19.1 Å². The smallest absolute Gasteiger partial charge is 0.295 e. The van der Waals surface area contributed by atoms with Crippen molar-refractivity contribution in [2.75, 3.05) is 14.2 Å². The number of carbonyl (C=O) groups is 2. The summed E-state index contributed by atoms with van der Waals surface area (Å²) in [4.78, 5) is 31.6. The fourth-order valence-electron chi connectivity index (χ4n) is 3.86. The zero-order chi connectivity index (χ0) is 23.5. The maximum Gasteiger partial charge on any atom is 0.295 e. The predicted octanol–water partition coefficient (Wildman–Crippen LogP) is 3.86. The van der Waals surface area contributed by atoms with Crippen molar-refractivity contribution in [1.82, 2.24) is 9.88 Å². The number of pyridine rings is 1. The highest BCUT2D eigenvalue weighted by Crippen LogP contribution is 2.42. The number of hydrogen-bond donors (Lipinski definition) is 1. The van der Waals surface area contributed by atoms with E-state index < -0.39 is 23.5 Å². The lowest BCUT2D eigenvalue weighted by Crippen LogP contribution is -2.29. The highest BCUT2D eigenvalue weighted by molar-refractivity contribution is 6.46. The van der Waals surface area contributed by atoms with Crippen molar-refractivity contribution in [1.29, 1.82) is 0 Å². The largest absolute Gasteiger partial charge is 0.507 e. The Morgan fingerprint density at radius 3 is 2.42 bits per heavy atom. The number of nitrogens with zero attached hydrogens (tertiary/aromatic N) is 2. The van der Waals surface area contributed by atoms with Crippen LogP contribution in [0.25, 0.3) is 5.76 Å². The minimum atomic E-state index is -0.907. The molecule has 0 radical (unpaired) electrons. The second kappa shape index (κ2) is 9.12. The molecule has 0 bridgehead atoms. The van der Waals surface area contributed by atoms with Crippen LogP contribution in [0.2, 0.25) is 0 Å². The van der Waals surface area contributed by atoms with Gasteiger partial charge in [-0.2, -0.15) is 0 Å². The second-order valence-electron chi connectivity index (χ2n) is 7.41. The molecule has 1 N–H and O–H groups in total. The minimum Gasteiger partial charge on any atom is -0.507 e. The van der Waals surface area contributed by atoms with Crippen LogP contribution in [-0.4, -0.2) is 40.9 Å². The number of hydrogen-bond acceptors (Lipinski definition) is 6. The van der Waals surface area contributed by atoms with Crippen molar-refractivity contribution in [2.45, 2.75) is 12.6 Å². The first-order chi connectivity index (χ1) is 15.9. The van der Waals surface area contributed by atoms with Crippen molar-refractivity contribution < 1.29 is 28.6 Å². The molecule has 33 heavy (non-hydrogen) atoms. The number of amides is 1. The highest BCUT2D eigenvalue weighted by Gasteiger charge is 2.46. The van der Waals surface area contributed by atoms with E-state index in [1.54, 1.807) is 42.7 Å². The van der Waals surface area contributed by atoms with E-state index in [0.29, 0.717) is 22.6 Å². The number of benzene rings is 2. The molecule has 1 aliphatic rings. The number of aromatic nitrogens is 1. The molecular weight excluding hydrogens is 427 g/mol. The summed E-state index contributed by atoms with van der Waals surface area (Å²) in [7, 11) is 2.98. The molecule has 1 aliphatic heterocycles. The summed E-state index contributed by atoms with van der Waals surface area (Å²) in [5.74, 6) is -1.59. The summed E-state index contributed by atoms with van der Waals surface area (Å²) in [6.45, 7) is 0.0949. The maximum atomic E-state index is 13.4. The molecule has 2 heterocycles. The first kappa shape index (κ1) is 22.0. The standard InChI is InChI=1S/C25H21FN2O5/c1-32-19-10-7-17(12-20(19)33-2)22-21(23(29)16-5-8-18(26)9-6-16)24(30)25(31)28(22)14-15-4-3-11-27-13-15/h3-13,22,29H,14H2,1-2H3. The molecule has 1 saturated heterocycles. The number of methoxy groups -OCH3 is 2. The quantitative estimate of drug-likeness (QED) is 0.350. The summed E-state index contributed by atoms with van der Waals surface area (Å²) in [6, 6.07) is 12.7. The van der Waals surface area contributed by atoms with E-state index in [2.05, 4.69) is 4.98 Å². The number of aliphatic hydroxyl groups is 1. The molecule has 8 heteroatoms. The Balaban J connectivity index is 1.89. The Morgan fingerprint density at radius 1 is 1.06 bits per heavy atom. The topological polar surface area (TPSA) is 89.0 Å². The van der Waals surface area contributed by atoms with Crippen LogP contribution in [0.1, 0.15) is 22.7 Å². The second-order valence-corrected chi connectivity index (χ2v) is 7.41. The van der Waals surface area contributed by atoms with Crippen molar-refractivity contribution in [3.63, 3.8) is 0 Å². The number of Topliss-reactive ketones (excluding diaryl/α,β-unsaturated/α-hetero) is 1. The number of carbonyl (C=O) groups excluding carboxylic acids is 2. The van der Waals surface area contributed by atoms with Crippen molar-refractivity contribution >= 4 is 17.4 Å². The van der Waals surface area contributed by atoms with Gasteiger partial charge >= 0.3 is 0 Å². The maximum absolute atomic E-state index is 13.4. The number of rotatable bonds is 6. The van der Waals surface area contributed by atoms with Crippen LogP contribution in [-0.2, 0) is 16.1 Å². The number of ketones is 1. The molecule has 4 rings (SSSR count). The van der Waals surface area contributed by atoms with Crippen LogP contribution in [0.3, 0.4) is 0 Å². The molecular formula is C25H21FN2O5. The zero-order valence-corrected chi connectivity index (χ0v) is 18.0. The van der Waals surface area contributed by atoms with Gasteiger partial charge in [0.2, 0.25) is 0 Å². The highest BCUT2D eigenvalue weighted by atomic mass is 19.1. The predicted molar refractivity (Wildman–Crippen MR) is 118 cm³/mol. The van der Waals surface area contributed by atoms with Crippen LogP contribution in [0.15, 0.2) is 72.6 Å². The summed E-state index contributed by atoms with van der Waals surface area (Å²) in [5.41, 5.74) is 1.38. The Labute approximate surface area is 189 Å². The Morgan fingerprint density at radius 2 is 1.79 bits per heavy atom. The van der Waals surface area contributed by atoms with E-state index in [1.807, 2.05) is 0 Å².